The van der Waals surface area contributed by atoms with Crippen molar-refractivity contribution in [2.24, 2.45) is 0 Å². The number of halogens is 3. The van der Waals surface area contributed by atoms with Crippen LogP contribution in [-0.4, -0.2) is 30.0 Å². The van der Waals surface area contributed by atoms with Crippen molar-refractivity contribution in [3.8, 4) is 0 Å². The summed E-state index contributed by atoms with van der Waals surface area (Å²) in [6.07, 6.45) is 1.64. The van der Waals surface area contributed by atoms with E-state index in [4.69, 9.17) is 16.3 Å². The van der Waals surface area contributed by atoms with Gasteiger partial charge in [-0.25, -0.2) is 0 Å². The van der Waals surface area contributed by atoms with E-state index in [0.717, 1.165) is 22.6 Å². The Kier molecular flexibility index (Phi) is 5.29. The zero-order valence-corrected chi connectivity index (χ0v) is 14.1. The monoisotopic (exact) mass is 409 g/mol. The van der Waals surface area contributed by atoms with E-state index >= 15 is 0 Å². The van der Waals surface area contributed by atoms with Gasteiger partial charge in [0.25, 0.3) is 5.91 Å². The average Bonchev–Trinajstić information content (AvgIpc) is 2.43. The molecule has 2 rings (SSSR count). The van der Waals surface area contributed by atoms with E-state index in [1.165, 1.54) is 0 Å². The highest BCUT2D eigenvalue weighted by molar-refractivity contribution is 9.10. The van der Waals surface area contributed by atoms with Crippen LogP contribution in [0.2, 0.25) is 5.02 Å². The predicted octanol–water partition coefficient (Wildman–Crippen LogP) is 3.78. The highest BCUT2D eigenvalue weighted by atomic mass is 79.9. The second-order valence-corrected chi connectivity index (χ2v) is 6.43. The van der Waals surface area contributed by atoms with Gasteiger partial charge in [-0.1, -0.05) is 27.5 Å². The summed E-state index contributed by atoms with van der Waals surface area (Å²) in [5.41, 5.74) is 0.379. The Balaban J connectivity index is 2.12. The molecule has 104 valence electrons. The molecule has 0 aliphatic carbocycles. The summed E-state index contributed by atoms with van der Waals surface area (Å²) in [6, 6.07) is 5.17. The fourth-order valence-electron chi connectivity index (χ4n) is 2.00. The van der Waals surface area contributed by atoms with Gasteiger partial charge in [-0.05, 0) is 47.0 Å². The van der Waals surface area contributed by atoms with Gasteiger partial charge in [0.1, 0.15) is 0 Å². The highest BCUT2D eigenvalue weighted by Gasteiger charge is 2.33. The SMILES string of the molecule is O=C(NC1(CBr)CCOCC1)c1ccc(Cl)c(Br)c1. The summed E-state index contributed by atoms with van der Waals surface area (Å²) in [5.74, 6) is -0.0845. The molecule has 3 nitrogen and oxygen atoms in total. The molecule has 1 N–H and O–H groups in total. The number of hydrogen-bond donors (Lipinski definition) is 1. The van der Waals surface area contributed by atoms with Gasteiger partial charge in [0.05, 0.1) is 10.6 Å². The minimum atomic E-state index is -0.221. The van der Waals surface area contributed by atoms with Gasteiger partial charge in [-0.15, -0.1) is 0 Å². The zero-order chi connectivity index (χ0) is 13.9. The normalized spacial score (nSPS) is 18.1. The number of hydrogen-bond acceptors (Lipinski definition) is 2. The lowest BCUT2D eigenvalue weighted by Gasteiger charge is -2.36. The first-order valence-corrected chi connectivity index (χ1v) is 8.27. The molecule has 19 heavy (non-hydrogen) atoms. The van der Waals surface area contributed by atoms with Crippen molar-refractivity contribution in [3.63, 3.8) is 0 Å². The third-order valence-electron chi connectivity index (χ3n) is 3.27. The molecular weight excluding hydrogens is 397 g/mol. The lowest BCUT2D eigenvalue weighted by Crippen LogP contribution is -2.53. The predicted molar refractivity (Wildman–Crippen MR) is 83.2 cm³/mol. The molecule has 0 atom stereocenters. The smallest absolute Gasteiger partial charge is 0.251 e. The molecule has 1 aliphatic rings. The lowest BCUT2D eigenvalue weighted by atomic mass is 9.92. The lowest BCUT2D eigenvalue weighted by molar-refractivity contribution is 0.0442. The average molecular weight is 412 g/mol. The van der Waals surface area contributed by atoms with E-state index in [0.29, 0.717) is 23.8 Å². The van der Waals surface area contributed by atoms with Gasteiger partial charge < -0.3 is 10.1 Å². The second-order valence-electron chi connectivity index (χ2n) is 4.61. The molecule has 0 bridgehead atoms. The third-order valence-corrected chi connectivity index (χ3v) is 5.55. The summed E-state index contributed by atoms with van der Waals surface area (Å²) >= 11 is 12.8. The van der Waals surface area contributed by atoms with Gasteiger partial charge in [0, 0.05) is 28.6 Å². The Morgan fingerprint density at radius 2 is 2.11 bits per heavy atom. The number of amides is 1. The number of nitrogens with one attached hydrogen (secondary N) is 1. The highest BCUT2D eigenvalue weighted by Crippen LogP contribution is 2.26. The molecule has 1 saturated heterocycles. The van der Waals surface area contributed by atoms with E-state index in [2.05, 4.69) is 37.2 Å². The molecule has 1 aliphatic heterocycles. The van der Waals surface area contributed by atoms with Gasteiger partial charge in [0.15, 0.2) is 0 Å². The van der Waals surface area contributed by atoms with E-state index < -0.39 is 0 Å². The number of benzene rings is 1. The van der Waals surface area contributed by atoms with Crippen LogP contribution >= 0.6 is 43.5 Å². The number of carbonyl (C=O) groups is 1. The molecule has 1 amide bonds. The molecule has 1 heterocycles. The van der Waals surface area contributed by atoms with E-state index in [1.54, 1.807) is 18.2 Å². The first-order chi connectivity index (χ1) is 9.06. The van der Waals surface area contributed by atoms with Crippen LogP contribution in [-0.2, 0) is 4.74 Å². The van der Waals surface area contributed by atoms with Crippen LogP contribution < -0.4 is 5.32 Å². The van der Waals surface area contributed by atoms with Crippen molar-refractivity contribution >= 4 is 49.4 Å². The van der Waals surface area contributed by atoms with Crippen molar-refractivity contribution in [1.82, 2.24) is 5.32 Å². The minimum Gasteiger partial charge on any atom is -0.381 e. The van der Waals surface area contributed by atoms with Crippen molar-refractivity contribution in [1.29, 1.82) is 0 Å². The van der Waals surface area contributed by atoms with Gasteiger partial charge in [-0.2, -0.15) is 0 Å². The van der Waals surface area contributed by atoms with Crippen LogP contribution in [0.1, 0.15) is 23.2 Å². The molecule has 0 spiro atoms. The summed E-state index contributed by atoms with van der Waals surface area (Å²) in [7, 11) is 0. The quantitative estimate of drug-likeness (QED) is 0.769. The largest absolute Gasteiger partial charge is 0.381 e. The second kappa shape index (κ2) is 6.57. The van der Waals surface area contributed by atoms with Crippen molar-refractivity contribution in [3.05, 3.63) is 33.3 Å². The number of ether oxygens (including phenoxy) is 1. The molecule has 1 fully saturated rings. The van der Waals surface area contributed by atoms with Crippen LogP contribution in [0.5, 0.6) is 0 Å². The van der Waals surface area contributed by atoms with Crippen LogP contribution in [0.15, 0.2) is 22.7 Å². The van der Waals surface area contributed by atoms with Crippen LogP contribution in [0.25, 0.3) is 0 Å². The van der Waals surface area contributed by atoms with Crippen molar-refractivity contribution in [2.75, 3.05) is 18.5 Å². The fourth-order valence-corrected chi connectivity index (χ4v) is 3.20. The van der Waals surface area contributed by atoms with Gasteiger partial charge in [-0.3, -0.25) is 4.79 Å². The zero-order valence-electron chi connectivity index (χ0n) is 10.2. The molecule has 0 radical (unpaired) electrons. The number of carbonyl (C=O) groups excluding carboxylic acids is 1. The number of alkyl halides is 1. The topological polar surface area (TPSA) is 38.3 Å². The maximum Gasteiger partial charge on any atom is 0.251 e. The Morgan fingerprint density at radius 1 is 1.42 bits per heavy atom. The Labute approximate surface area is 134 Å². The standard InChI is InChI=1S/C13H14Br2ClNO2/c14-8-13(3-5-19-6-4-13)17-12(18)9-1-2-11(16)10(15)7-9/h1-2,7H,3-6,8H2,(H,17,18). The molecule has 6 heteroatoms. The van der Waals surface area contributed by atoms with Crippen molar-refractivity contribution < 1.29 is 9.53 Å². The Morgan fingerprint density at radius 3 is 2.68 bits per heavy atom. The summed E-state index contributed by atoms with van der Waals surface area (Å²) in [6.45, 7) is 1.35. The van der Waals surface area contributed by atoms with E-state index in [9.17, 15) is 4.79 Å². The van der Waals surface area contributed by atoms with Crippen molar-refractivity contribution in [2.45, 2.75) is 18.4 Å². The van der Waals surface area contributed by atoms with Gasteiger partial charge in [0.2, 0.25) is 0 Å². The first-order valence-electron chi connectivity index (χ1n) is 5.98. The summed E-state index contributed by atoms with van der Waals surface area (Å²) in [4.78, 5) is 12.3. The van der Waals surface area contributed by atoms with E-state index in [-0.39, 0.29) is 11.4 Å². The van der Waals surface area contributed by atoms with Crippen LogP contribution in [0.4, 0.5) is 0 Å². The first kappa shape index (κ1) is 15.3. The Hall–Kier alpha value is -0.100. The Bertz CT molecular complexity index is 476. The maximum atomic E-state index is 12.3. The molecule has 1 aromatic carbocycles. The number of rotatable bonds is 3. The third kappa shape index (κ3) is 3.72. The van der Waals surface area contributed by atoms with Gasteiger partial charge >= 0.3 is 0 Å². The molecule has 0 saturated carbocycles. The summed E-state index contributed by atoms with van der Waals surface area (Å²) < 4.78 is 6.08. The maximum absolute atomic E-state index is 12.3. The summed E-state index contributed by atoms with van der Waals surface area (Å²) in [5, 5.41) is 4.44. The minimum absolute atomic E-state index is 0.0845. The fraction of sp³-hybridized carbons (Fsp3) is 0.462. The van der Waals surface area contributed by atoms with Crippen LogP contribution in [0, 0.1) is 0 Å². The molecule has 0 unspecified atom stereocenters. The molecular formula is C13H14Br2ClNO2. The van der Waals surface area contributed by atoms with E-state index in [1.807, 2.05) is 0 Å². The van der Waals surface area contributed by atoms with Crippen LogP contribution in [0.3, 0.4) is 0 Å². The molecule has 1 aromatic rings. The molecule has 0 aromatic heterocycles.